The third-order valence-electron chi connectivity index (χ3n) is 4.83. The van der Waals surface area contributed by atoms with Crippen LogP contribution in [0.5, 0.6) is 5.75 Å². The van der Waals surface area contributed by atoms with Crippen molar-refractivity contribution in [3.8, 4) is 5.75 Å². The number of nitrogens with one attached hydrogen (secondary N) is 1. The van der Waals surface area contributed by atoms with Crippen LogP contribution < -0.4 is 10.1 Å². The van der Waals surface area contributed by atoms with Gasteiger partial charge >= 0.3 is 5.97 Å². The summed E-state index contributed by atoms with van der Waals surface area (Å²) in [5.74, 6) is -0.324. The van der Waals surface area contributed by atoms with Crippen molar-refractivity contribution in [2.75, 3.05) is 12.4 Å². The number of benzene rings is 2. The topological polar surface area (TPSA) is 84.9 Å². The number of hydrogen-bond donors (Lipinski definition) is 1. The van der Waals surface area contributed by atoms with Crippen molar-refractivity contribution in [3.05, 3.63) is 59.7 Å². The fraction of sp³-hybridized carbons (Fsp3) is 0.250. The molecule has 0 aromatic heterocycles. The van der Waals surface area contributed by atoms with E-state index < -0.39 is 18.2 Å². The summed E-state index contributed by atoms with van der Waals surface area (Å²) in [6.07, 6.45) is -0.260. The molecule has 2 aromatic carbocycles. The number of fused-ring (bicyclic) bond motifs is 1. The van der Waals surface area contributed by atoms with Crippen LogP contribution in [0.25, 0.3) is 0 Å². The highest BCUT2D eigenvalue weighted by atomic mass is 16.6. The Morgan fingerprint density at radius 2 is 1.89 bits per heavy atom. The lowest BCUT2D eigenvalue weighted by molar-refractivity contribution is -0.144. The standard InChI is InChI=1S/C20H18N2O5/c1-26-13-8-6-12(7-9-13)21-18(24)16-10-11-17(23)22(16)19-14-4-2-3-5-15(14)20(25)27-19/h2-9,16,19H,10-11H2,1H3,(H,21,24)/t16-,19+/m1/s1. The van der Waals surface area contributed by atoms with E-state index >= 15 is 0 Å². The van der Waals surface area contributed by atoms with Gasteiger partial charge < -0.3 is 14.8 Å². The maximum Gasteiger partial charge on any atom is 0.340 e. The zero-order valence-corrected chi connectivity index (χ0v) is 14.7. The van der Waals surface area contributed by atoms with Crippen molar-refractivity contribution >= 4 is 23.5 Å². The number of rotatable bonds is 4. The molecule has 0 unspecified atom stereocenters. The zero-order valence-electron chi connectivity index (χ0n) is 14.7. The fourth-order valence-corrected chi connectivity index (χ4v) is 3.49. The maximum absolute atomic E-state index is 12.8. The first-order valence-electron chi connectivity index (χ1n) is 8.64. The average Bonchev–Trinajstić information content (AvgIpc) is 3.22. The first-order valence-corrected chi connectivity index (χ1v) is 8.64. The largest absolute Gasteiger partial charge is 0.497 e. The van der Waals surface area contributed by atoms with Gasteiger partial charge in [-0.2, -0.15) is 0 Å². The Balaban J connectivity index is 1.56. The van der Waals surface area contributed by atoms with Crippen LogP contribution in [0.4, 0.5) is 5.69 Å². The molecule has 7 nitrogen and oxygen atoms in total. The molecule has 138 valence electrons. The summed E-state index contributed by atoms with van der Waals surface area (Å²) >= 11 is 0. The molecule has 1 fully saturated rings. The Morgan fingerprint density at radius 1 is 1.15 bits per heavy atom. The van der Waals surface area contributed by atoms with Crippen LogP contribution >= 0.6 is 0 Å². The molecule has 2 amide bonds. The van der Waals surface area contributed by atoms with Gasteiger partial charge in [-0.25, -0.2) is 4.79 Å². The number of esters is 1. The van der Waals surface area contributed by atoms with Crippen LogP contribution in [0, 0.1) is 0 Å². The van der Waals surface area contributed by atoms with E-state index in [0.717, 1.165) is 0 Å². The monoisotopic (exact) mass is 366 g/mol. The predicted molar refractivity (Wildman–Crippen MR) is 96.1 cm³/mol. The lowest BCUT2D eigenvalue weighted by Crippen LogP contribution is -2.43. The second-order valence-corrected chi connectivity index (χ2v) is 6.42. The molecule has 0 radical (unpaired) electrons. The summed E-state index contributed by atoms with van der Waals surface area (Å²) in [5.41, 5.74) is 1.64. The number of methoxy groups -OCH3 is 1. The summed E-state index contributed by atoms with van der Waals surface area (Å²) in [6.45, 7) is 0. The molecule has 1 N–H and O–H groups in total. The Morgan fingerprint density at radius 3 is 2.63 bits per heavy atom. The lowest BCUT2D eigenvalue weighted by Gasteiger charge is -2.29. The van der Waals surface area contributed by atoms with E-state index in [1.807, 2.05) is 0 Å². The third kappa shape index (κ3) is 3.01. The van der Waals surface area contributed by atoms with E-state index in [1.54, 1.807) is 55.6 Å². The number of amides is 2. The molecule has 0 spiro atoms. The van der Waals surface area contributed by atoms with Gasteiger partial charge in [-0.05, 0) is 36.8 Å². The predicted octanol–water partition coefficient (Wildman–Crippen LogP) is 2.49. The third-order valence-corrected chi connectivity index (χ3v) is 4.83. The number of carbonyl (C=O) groups excluding carboxylic acids is 3. The van der Waals surface area contributed by atoms with Crippen molar-refractivity contribution < 1.29 is 23.9 Å². The normalized spacial score (nSPS) is 21.0. The second kappa shape index (κ2) is 6.75. The summed E-state index contributed by atoms with van der Waals surface area (Å²) in [4.78, 5) is 38.7. The van der Waals surface area contributed by atoms with E-state index in [4.69, 9.17) is 9.47 Å². The molecule has 0 saturated carbocycles. The fourth-order valence-electron chi connectivity index (χ4n) is 3.49. The van der Waals surface area contributed by atoms with Crippen molar-refractivity contribution in [1.29, 1.82) is 0 Å². The highest BCUT2D eigenvalue weighted by Crippen LogP contribution is 2.38. The number of cyclic esters (lactones) is 1. The van der Waals surface area contributed by atoms with Crippen LogP contribution in [-0.2, 0) is 14.3 Å². The minimum atomic E-state index is -0.865. The first kappa shape index (κ1) is 17.1. The Bertz CT molecular complexity index is 909. The van der Waals surface area contributed by atoms with Crippen molar-refractivity contribution in [1.82, 2.24) is 4.90 Å². The minimum absolute atomic E-state index is 0.209. The van der Waals surface area contributed by atoms with Crippen molar-refractivity contribution in [2.24, 2.45) is 0 Å². The zero-order chi connectivity index (χ0) is 19.0. The number of nitrogens with zero attached hydrogens (tertiary/aromatic N) is 1. The van der Waals surface area contributed by atoms with E-state index in [0.29, 0.717) is 29.0 Å². The molecule has 2 atom stereocenters. The van der Waals surface area contributed by atoms with E-state index in [1.165, 1.54) is 4.90 Å². The Kier molecular flexibility index (Phi) is 4.27. The Labute approximate surface area is 155 Å². The highest BCUT2D eigenvalue weighted by molar-refractivity contribution is 6.00. The summed E-state index contributed by atoms with van der Waals surface area (Å²) in [6, 6.07) is 13.1. The van der Waals surface area contributed by atoms with Gasteiger partial charge in [0, 0.05) is 17.7 Å². The molecule has 27 heavy (non-hydrogen) atoms. The number of likely N-dealkylation sites (tertiary alicyclic amines) is 1. The number of carbonyl (C=O) groups is 3. The molecule has 0 aliphatic carbocycles. The lowest BCUT2D eigenvalue weighted by atomic mass is 10.1. The maximum atomic E-state index is 12.8. The number of hydrogen-bond acceptors (Lipinski definition) is 5. The van der Waals surface area contributed by atoms with E-state index in [-0.39, 0.29) is 18.2 Å². The van der Waals surface area contributed by atoms with Crippen molar-refractivity contribution in [3.63, 3.8) is 0 Å². The van der Waals surface area contributed by atoms with Gasteiger partial charge in [0.15, 0.2) is 0 Å². The van der Waals surface area contributed by atoms with Crippen LogP contribution in [-0.4, -0.2) is 35.8 Å². The highest BCUT2D eigenvalue weighted by Gasteiger charge is 2.46. The van der Waals surface area contributed by atoms with Gasteiger partial charge in [0.05, 0.1) is 12.7 Å². The van der Waals surface area contributed by atoms with Crippen molar-refractivity contribution in [2.45, 2.75) is 25.1 Å². The van der Waals surface area contributed by atoms with Crippen LogP contribution in [0.1, 0.15) is 35.0 Å². The summed E-state index contributed by atoms with van der Waals surface area (Å²) in [5, 5.41) is 2.82. The molecule has 2 aliphatic rings. The molecule has 2 aliphatic heterocycles. The first-order chi connectivity index (χ1) is 13.1. The molecule has 0 bridgehead atoms. The van der Waals surface area contributed by atoms with Gasteiger partial charge in [0.2, 0.25) is 18.0 Å². The van der Waals surface area contributed by atoms with Gasteiger partial charge in [0.25, 0.3) is 0 Å². The minimum Gasteiger partial charge on any atom is -0.497 e. The summed E-state index contributed by atoms with van der Waals surface area (Å²) in [7, 11) is 1.57. The molecule has 1 saturated heterocycles. The van der Waals surface area contributed by atoms with Crippen LogP contribution in [0.2, 0.25) is 0 Å². The molecule has 7 heteroatoms. The van der Waals surface area contributed by atoms with Gasteiger partial charge in [-0.1, -0.05) is 18.2 Å². The molecule has 2 heterocycles. The van der Waals surface area contributed by atoms with E-state index in [9.17, 15) is 14.4 Å². The average molecular weight is 366 g/mol. The molecular formula is C20H18N2O5. The second-order valence-electron chi connectivity index (χ2n) is 6.42. The smallest absolute Gasteiger partial charge is 0.340 e. The Hall–Kier alpha value is -3.35. The SMILES string of the molecule is COc1ccc(NC(=O)[C@H]2CCC(=O)N2[C@H]2OC(=O)c3ccccc32)cc1. The molecule has 4 rings (SSSR count). The number of ether oxygens (including phenoxy) is 2. The summed E-state index contributed by atoms with van der Waals surface area (Å²) < 4.78 is 10.5. The van der Waals surface area contributed by atoms with Gasteiger partial charge in [0.1, 0.15) is 11.8 Å². The molecule has 2 aromatic rings. The van der Waals surface area contributed by atoms with Crippen LogP contribution in [0.15, 0.2) is 48.5 Å². The number of anilines is 1. The van der Waals surface area contributed by atoms with Crippen LogP contribution in [0.3, 0.4) is 0 Å². The van der Waals surface area contributed by atoms with E-state index in [2.05, 4.69) is 5.32 Å². The van der Waals surface area contributed by atoms with Gasteiger partial charge in [-0.3, -0.25) is 14.5 Å². The van der Waals surface area contributed by atoms with Gasteiger partial charge in [-0.15, -0.1) is 0 Å². The quantitative estimate of drug-likeness (QED) is 0.841. The molecular weight excluding hydrogens is 348 g/mol.